The number of nitro benzene ring substituents is 1. The second-order valence-electron chi connectivity index (χ2n) is 4.55. The summed E-state index contributed by atoms with van der Waals surface area (Å²) in [7, 11) is 0. The topological polar surface area (TPSA) is 43.1 Å². The number of nitro groups is 1. The normalized spacial score (nSPS) is 10.5. The first kappa shape index (κ1) is 15.4. The summed E-state index contributed by atoms with van der Waals surface area (Å²) in [4.78, 5) is 11.2. The van der Waals surface area contributed by atoms with E-state index < -0.39 is 0 Å². The molecule has 0 heterocycles. The molecule has 3 nitrogen and oxygen atoms in total. The van der Waals surface area contributed by atoms with Crippen LogP contribution in [0.4, 0.5) is 5.69 Å². The van der Waals surface area contributed by atoms with Gasteiger partial charge in [0.1, 0.15) is 0 Å². The van der Waals surface area contributed by atoms with Gasteiger partial charge in [0.25, 0.3) is 5.69 Å². The van der Waals surface area contributed by atoms with Crippen molar-refractivity contribution < 1.29 is 4.92 Å². The smallest absolute Gasteiger partial charge is 0.258 e. The van der Waals surface area contributed by atoms with Crippen LogP contribution in [0.5, 0.6) is 0 Å². The molecule has 1 rings (SSSR count). The van der Waals surface area contributed by atoms with Crippen LogP contribution in [0, 0.1) is 10.1 Å². The van der Waals surface area contributed by atoms with Gasteiger partial charge >= 0.3 is 0 Å². The molecule has 3 heteroatoms. The van der Waals surface area contributed by atoms with Gasteiger partial charge in [-0.15, -0.1) is 0 Å². The summed E-state index contributed by atoms with van der Waals surface area (Å²) in [6.07, 6.45) is 4.91. The standard InChI is InChI=1S/C16H23NO2/c1-6-11-12(7-2)14(9-4)16(17(18)19)15(10-5)13(11)8-3/h9H,4,6-8,10H2,1-3,5H3. The quantitative estimate of drug-likeness (QED) is 0.559. The number of hydrogen-bond acceptors (Lipinski definition) is 2. The van der Waals surface area contributed by atoms with Gasteiger partial charge < -0.3 is 0 Å². The summed E-state index contributed by atoms with van der Waals surface area (Å²) in [5.74, 6) is 0. The minimum absolute atomic E-state index is 0.242. The Morgan fingerprint density at radius 3 is 1.68 bits per heavy atom. The fourth-order valence-corrected chi connectivity index (χ4v) is 3.04. The first-order valence-corrected chi connectivity index (χ1v) is 7.03. The molecule has 0 amide bonds. The van der Waals surface area contributed by atoms with E-state index in [1.807, 2.05) is 6.92 Å². The third kappa shape index (κ3) is 2.55. The van der Waals surface area contributed by atoms with E-state index in [9.17, 15) is 10.1 Å². The molecule has 1 aromatic rings. The van der Waals surface area contributed by atoms with Gasteiger partial charge in [-0.1, -0.05) is 40.3 Å². The summed E-state index contributed by atoms with van der Waals surface area (Å²) in [6.45, 7) is 12.0. The summed E-state index contributed by atoms with van der Waals surface area (Å²) in [6, 6.07) is 0. The largest absolute Gasteiger partial charge is 0.280 e. The molecule has 104 valence electrons. The molecule has 1 aromatic carbocycles. The van der Waals surface area contributed by atoms with Crippen molar-refractivity contribution >= 4 is 11.8 Å². The van der Waals surface area contributed by atoms with Crippen LogP contribution in [-0.4, -0.2) is 4.92 Å². The molecule has 0 aliphatic heterocycles. The van der Waals surface area contributed by atoms with E-state index >= 15 is 0 Å². The van der Waals surface area contributed by atoms with E-state index in [0.29, 0.717) is 6.42 Å². The summed E-state index contributed by atoms with van der Waals surface area (Å²) in [5.41, 5.74) is 5.41. The molecule has 0 saturated carbocycles. The van der Waals surface area contributed by atoms with Crippen molar-refractivity contribution in [2.45, 2.75) is 53.4 Å². The molecule has 0 spiro atoms. The SMILES string of the molecule is C=Cc1c(CC)c(CC)c(CC)c(CC)c1[N+](=O)[O-]. The van der Waals surface area contributed by atoms with Crippen molar-refractivity contribution in [2.24, 2.45) is 0 Å². The Balaban J connectivity index is 3.90. The molecule has 0 radical (unpaired) electrons. The molecule has 0 unspecified atom stereocenters. The average molecular weight is 261 g/mol. The molecule has 0 fully saturated rings. The lowest BCUT2D eigenvalue weighted by molar-refractivity contribution is -0.385. The van der Waals surface area contributed by atoms with Crippen LogP contribution < -0.4 is 0 Å². The second kappa shape index (κ2) is 6.50. The average Bonchev–Trinajstić information content (AvgIpc) is 2.43. The third-order valence-electron chi connectivity index (χ3n) is 3.76. The highest BCUT2D eigenvalue weighted by Gasteiger charge is 2.26. The second-order valence-corrected chi connectivity index (χ2v) is 4.55. The summed E-state index contributed by atoms with van der Waals surface area (Å²) in [5, 5.41) is 11.5. The van der Waals surface area contributed by atoms with Gasteiger partial charge in [-0.05, 0) is 42.4 Å². The van der Waals surface area contributed by atoms with Crippen LogP contribution in [0.25, 0.3) is 6.08 Å². The van der Waals surface area contributed by atoms with Crippen LogP contribution in [-0.2, 0) is 25.7 Å². The molecule has 0 aliphatic rings. The lowest BCUT2D eigenvalue weighted by Crippen LogP contribution is -2.10. The lowest BCUT2D eigenvalue weighted by atomic mass is 9.85. The van der Waals surface area contributed by atoms with Crippen molar-refractivity contribution in [2.75, 3.05) is 0 Å². The van der Waals surface area contributed by atoms with Crippen molar-refractivity contribution in [3.8, 4) is 0 Å². The predicted octanol–water partition coefficient (Wildman–Crippen LogP) is 4.49. The van der Waals surface area contributed by atoms with E-state index in [4.69, 9.17) is 0 Å². The highest BCUT2D eigenvalue weighted by Crippen LogP contribution is 2.36. The van der Waals surface area contributed by atoms with E-state index in [2.05, 4.69) is 27.4 Å². The lowest BCUT2D eigenvalue weighted by Gasteiger charge is -2.19. The number of rotatable bonds is 6. The Morgan fingerprint density at radius 1 is 0.947 bits per heavy atom. The van der Waals surface area contributed by atoms with Crippen molar-refractivity contribution in [3.63, 3.8) is 0 Å². The molecular weight excluding hydrogens is 238 g/mol. The Bertz CT molecular complexity index is 504. The monoisotopic (exact) mass is 261 g/mol. The molecule has 0 aromatic heterocycles. The number of hydrogen-bond donors (Lipinski definition) is 0. The highest BCUT2D eigenvalue weighted by molar-refractivity contribution is 5.71. The van der Waals surface area contributed by atoms with Gasteiger partial charge in [0.05, 0.1) is 10.5 Å². The van der Waals surface area contributed by atoms with Crippen LogP contribution in [0.2, 0.25) is 0 Å². The summed E-state index contributed by atoms with van der Waals surface area (Å²) < 4.78 is 0. The third-order valence-corrected chi connectivity index (χ3v) is 3.76. The van der Waals surface area contributed by atoms with Crippen molar-refractivity contribution in [1.82, 2.24) is 0 Å². The van der Waals surface area contributed by atoms with Crippen LogP contribution >= 0.6 is 0 Å². The molecule has 0 saturated heterocycles. The van der Waals surface area contributed by atoms with Gasteiger partial charge in [-0.3, -0.25) is 10.1 Å². The zero-order chi connectivity index (χ0) is 14.6. The van der Waals surface area contributed by atoms with E-state index in [0.717, 1.165) is 36.0 Å². The first-order chi connectivity index (χ1) is 9.06. The molecule has 19 heavy (non-hydrogen) atoms. The van der Waals surface area contributed by atoms with E-state index in [-0.39, 0.29) is 10.6 Å². The number of benzene rings is 1. The Labute approximate surface area is 115 Å². The molecule has 0 N–H and O–H groups in total. The van der Waals surface area contributed by atoms with Crippen molar-refractivity contribution in [3.05, 3.63) is 44.5 Å². The zero-order valence-corrected chi connectivity index (χ0v) is 12.4. The minimum Gasteiger partial charge on any atom is -0.258 e. The van der Waals surface area contributed by atoms with Crippen LogP contribution in [0.15, 0.2) is 6.58 Å². The van der Waals surface area contributed by atoms with Gasteiger partial charge in [-0.2, -0.15) is 0 Å². The van der Waals surface area contributed by atoms with Crippen LogP contribution in [0.3, 0.4) is 0 Å². The van der Waals surface area contributed by atoms with Gasteiger partial charge in [0.15, 0.2) is 0 Å². The highest BCUT2D eigenvalue weighted by atomic mass is 16.6. The van der Waals surface area contributed by atoms with E-state index in [1.54, 1.807) is 6.08 Å². The fourth-order valence-electron chi connectivity index (χ4n) is 3.04. The molecule has 0 atom stereocenters. The predicted molar refractivity (Wildman–Crippen MR) is 80.7 cm³/mol. The maximum atomic E-state index is 11.5. The van der Waals surface area contributed by atoms with Crippen molar-refractivity contribution in [1.29, 1.82) is 0 Å². The first-order valence-electron chi connectivity index (χ1n) is 7.03. The van der Waals surface area contributed by atoms with Gasteiger partial charge in [-0.25, -0.2) is 0 Å². The molecule has 0 aliphatic carbocycles. The summed E-state index contributed by atoms with van der Waals surface area (Å²) >= 11 is 0. The zero-order valence-electron chi connectivity index (χ0n) is 12.4. The Hall–Kier alpha value is -1.64. The minimum atomic E-state index is -0.242. The molecular formula is C16H23NO2. The van der Waals surface area contributed by atoms with Gasteiger partial charge in [0.2, 0.25) is 0 Å². The maximum Gasteiger partial charge on any atom is 0.280 e. The molecule has 0 bridgehead atoms. The Morgan fingerprint density at radius 2 is 1.37 bits per heavy atom. The maximum absolute atomic E-state index is 11.5. The van der Waals surface area contributed by atoms with E-state index in [1.165, 1.54) is 11.1 Å². The fraction of sp³-hybridized carbons (Fsp3) is 0.500. The van der Waals surface area contributed by atoms with Crippen LogP contribution in [0.1, 0.15) is 55.5 Å². The number of nitrogens with zero attached hydrogens (tertiary/aromatic N) is 1. The Kier molecular flexibility index (Phi) is 5.28. The van der Waals surface area contributed by atoms with Gasteiger partial charge in [0, 0.05) is 5.56 Å².